The normalized spacial score (nSPS) is 12.3. The quantitative estimate of drug-likeness (QED) is 0.485. The molecule has 0 saturated heterocycles. The summed E-state index contributed by atoms with van der Waals surface area (Å²) >= 11 is 0. The number of anilines is 1. The lowest BCUT2D eigenvalue weighted by Gasteiger charge is -2.19. The number of ether oxygens (including phenoxy) is 1. The van der Waals surface area contributed by atoms with Crippen LogP contribution in [0.15, 0.2) is 48.8 Å². The highest BCUT2D eigenvalue weighted by Gasteiger charge is 2.16. The summed E-state index contributed by atoms with van der Waals surface area (Å²) < 4.78 is 7.07. The molecule has 176 valence electrons. The van der Waals surface area contributed by atoms with Crippen LogP contribution in [0.1, 0.15) is 39.7 Å². The number of carbonyl (C=O) groups is 1. The van der Waals surface area contributed by atoms with Crippen LogP contribution in [0, 0.1) is 11.3 Å². The zero-order chi connectivity index (χ0) is 23.8. The van der Waals surface area contributed by atoms with Crippen molar-refractivity contribution in [3.63, 3.8) is 0 Å². The van der Waals surface area contributed by atoms with Gasteiger partial charge in [-0.05, 0) is 41.2 Å². The molecule has 8 heteroatoms. The topological polar surface area (TPSA) is 94.0 Å². The molecule has 2 heterocycles. The Balaban J connectivity index is 1.52. The Morgan fingerprint density at radius 1 is 1.09 bits per heavy atom. The first-order chi connectivity index (χ1) is 15.7. The molecule has 3 rings (SSSR count). The fraction of sp³-hybridized carbons (Fsp3) is 0.440. The average Bonchev–Trinajstić information content (AvgIpc) is 3.24. The molecule has 3 aromatic rings. The number of amides is 1. The van der Waals surface area contributed by atoms with Crippen LogP contribution in [0.5, 0.6) is 5.75 Å². The molecule has 0 fully saturated rings. The van der Waals surface area contributed by atoms with E-state index in [1.165, 1.54) is 0 Å². The first-order valence-corrected chi connectivity index (χ1v) is 11.2. The maximum absolute atomic E-state index is 12.0. The third-order valence-corrected chi connectivity index (χ3v) is 5.14. The molecule has 0 radical (unpaired) electrons. The number of rotatable bonds is 10. The SMILES string of the molecule is COc1ccc(Cn2nncc2-c2ccc(NCC(C)CNC(=O)CC(C)(C)C)nc2)cc1. The monoisotopic (exact) mass is 450 g/mol. The summed E-state index contributed by atoms with van der Waals surface area (Å²) in [6.07, 6.45) is 4.09. The Morgan fingerprint density at radius 3 is 2.48 bits per heavy atom. The highest BCUT2D eigenvalue weighted by atomic mass is 16.5. The lowest BCUT2D eigenvalue weighted by molar-refractivity contribution is -0.122. The smallest absolute Gasteiger partial charge is 0.220 e. The Kier molecular flexibility index (Phi) is 8.03. The molecule has 0 aliphatic carbocycles. The first kappa shape index (κ1) is 24.2. The summed E-state index contributed by atoms with van der Waals surface area (Å²) in [7, 11) is 1.66. The summed E-state index contributed by atoms with van der Waals surface area (Å²) in [6, 6.07) is 11.9. The fourth-order valence-electron chi connectivity index (χ4n) is 3.34. The van der Waals surface area contributed by atoms with Gasteiger partial charge in [-0.2, -0.15) is 0 Å². The van der Waals surface area contributed by atoms with Crippen molar-refractivity contribution in [2.24, 2.45) is 11.3 Å². The van der Waals surface area contributed by atoms with E-state index < -0.39 is 0 Å². The second kappa shape index (κ2) is 10.9. The summed E-state index contributed by atoms with van der Waals surface area (Å²) in [5, 5.41) is 14.7. The van der Waals surface area contributed by atoms with E-state index in [2.05, 4.69) is 53.6 Å². The summed E-state index contributed by atoms with van der Waals surface area (Å²) in [5.74, 6) is 1.99. The van der Waals surface area contributed by atoms with Crippen LogP contribution < -0.4 is 15.4 Å². The molecular weight excluding hydrogens is 416 g/mol. The van der Waals surface area contributed by atoms with Gasteiger partial charge in [0.05, 0.1) is 25.5 Å². The van der Waals surface area contributed by atoms with Gasteiger partial charge in [-0.3, -0.25) is 4.79 Å². The molecule has 0 aliphatic heterocycles. The van der Waals surface area contributed by atoms with Crippen molar-refractivity contribution in [1.29, 1.82) is 0 Å². The van der Waals surface area contributed by atoms with Crippen LogP contribution in [-0.4, -0.2) is 46.1 Å². The molecule has 0 bridgehead atoms. The number of hydrogen-bond acceptors (Lipinski definition) is 6. The minimum absolute atomic E-state index is 0.00320. The number of benzene rings is 1. The Labute approximate surface area is 195 Å². The number of pyridine rings is 1. The highest BCUT2D eigenvalue weighted by molar-refractivity contribution is 5.76. The minimum atomic E-state index is -0.00320. The van der Waals surface area contributed by atoms with E-state index in [4.69, 9.17) is 4.74 Å². The Hall–Kier alpha value is -3.42. The summed E-state index contributed by atoms with van der Waals surface area (Å²) in [4.78, 5) is 16.5. The third kappa shape index (κ3) is 7.59. The van der Waals surface area contributed by atoms with E-state index in [0.717, 1.165) is 34.9 Å². The lowest BCUT2D eigenvalue weighted by atomic mass is 9.92. The largest absolute Gasteiger partial charge is 0.497 e. The molecule has 0 aliphatic rings. The van der Waals surface area contributed by atoms with E-state index in [1.54, 1.807) is 13.3 Å². The molecule has 1 amide bonds. The zero-order valence-corrected chi connectivity index (χ0v) is 20.1. The molecule has 0 saturated carbocycles. The van der Waals surface area contributed by atoms with Gasteiger partial charge in [0.2, 0.25) is 5.91 Å². The lowest BCUT2D eigenvalue weighted by Crippen LogP contribution is -2.33. The van der Waals surface area contributed by atoms with Gasteiger partial charge in [-0.15, -0.1) is 5.10 Å². The second-order valence-electron chi connectivity index (χ2n) is 9.58. The Morgan fingerprint density at radius 2 is 1.85 bits per heavy atom. The zero-order valence-electron chi connectivity index (χ0n) is 20.1. The summed E-state index contributed by atoms with van der Waals surface area (Å²) in [5.41, 5.74) is 2.95. The van der Waals surface area contributed by atoms with Gasteiger partial charge in [0.15, 0.2) is 0 Å². The third-order valence-electron chi connectivity index (χ3n) is 5.14. The molecule has 2 aromatic heterocycles. The molecule has 8 nitrogen and oxygen atoms in total. The highest BCUT2D eigenvalue weighted by Crippen LogP contribution is 2.21. The first-order valence-electron chi connectivity index (χ1n) is 11.2. The van der Waals surface area contributed by atoms with Crippen LogP contribution in [-0.2, 0) is 11.3 Å². The van der Waals surface area contributed by atoms with Crippen LogP contribution >= 0.6 is 0 Å². The van der Waals surface area contributed by atoms with Crippen molar-refractivity contribution in [3.8, 4) is 17.0 Å². The molecule has 1 unspecified atom stereocenters. The second-order valence-corrected chi connectivity index (χ2v) is 9.58. The number of methoxy groups -OCH3 is 1. The molecule has 1 atom stereocenters. The van der Waals surface area contributed by atoms with Gasteiger partial charge in [-0.25, -0.2) is 9.67 Å². The van der Waals surface area contributed by atoms with E-state index in [-0.39, 0.29) is 17.2 Å². The predicted molar refractivity (Wildman–Crippen MR) is 130 cm³/mol. The van der Waals surface area contributed by atoms with Crippen molar-refractivity contribution >= 4 is 11.7 Å². The number of nitrogens with zero attached hydrogens (tertiary/aromatic N) is 4. The maximum Gasteiger partial charge on any atom is 0.220 e. The van der Waals surface area contributed by atoms with Gasteiger partial charge < -0.3 is 15.4 Å². The number of hydrogen-bond donors (Lipinski definition) is 2. The van der Waals surface area contributed by atoms with E-state index in [9.17, 15) is 4.79 Å². The van der Waals surface area contributed by atoms with E-state index in [0.29, 0.717) is 19.5 Å². The molecule has 0 spiro atoms. The van der Waals surface area contributed by atoms with Crippen molar-refractivity contribution in [2.75, 3.05) is 25.5 Å². The molecule has 2 N–H and O–H groups in total. The average molecular weight is 451 g/mol. The van der Waals surface area contributed by atoms with E-state index in [1.807, 2.05) is 47.3 Å². The van der Waals surface area contributed by atoms with Crippen molar-refractivity contribution in [3.05, 3.63) is 54.4 Å². The van der Waals surface area contributed by atoms with Crippen LogP contribution in [0.2, 0.25) is 0 Å². The Bertz CT molecular complexity index is 1020. The van der Waals surface area contributed by atoms with Crippen molar-refractivity contribution < 1.29 is 9.53 Å². The van der Waals surface area contributed by atoms with Crippen LogP contribution in [0.4, 0.5) is 5.82 Å². The fourth-order valence-corrected chi connectivity index (χ4v) is 3.34. The maximum atomic E-state index is 12.0. The number of nitrogens with one attached hydrogen (secondary N) is 2. The van der Waals surface area contributed by atoms with Gasteiger partial charge in [0, 0.05) is 31.3 Å². The van der Waals surface area contributed by atoms with Gasteiger partial charge in [0.1, 0.15) is 11.6 Å². The minimum Gasteiger partial charge on any atom is -0.497 e. The van der Waals surface area contributed by atoms with Gasteiger partial charge in [0.25, 0.3) is 0 Å². The molecule has 1 aromatic carbocycles. The molecular formula is C25H34N6O2. The molecule has 33 heavy (non-hydrogen) atoms. The van der Waals surface area contributed by atoms with Crippen LogP contribution in [0.3, 0.4) is 0 Å². The van der Waals surface area contributed by atoms with E-state index >= 15 is 0 Å². The van der Waals surface area contributed by atoms with Crippen molar-refractivity contribution in [2.45, 2.75) is 40.7 Å². The number of carbonyl (C=O) groups excluding carboxylic acids is 1. The van der Waals surface area contributed by atoms with Crippen molar-refractivity contribution in [1.82, 2.24) is 25.3 Å². The van der Waals surface area contributed by atoms with Gasteiger partial charge >= 0.3 is 0 Å². The van der Waals surface area contributed by atoms with Gasteiger partial charge in [-0.1, -0.05) is 45.0 Å². The predicted octanol–water partition coefficient (Wildman–Crippen LogP) is 4.00. The number of aromatic nitrogens is 4. The standard InChI is InChI=1S/C25H34N6O2/c1-18(14-28-24(32)12-25(2,3)4)13-26-23-11-8-20(15-27-23)22-16-29-30-31(22)17-19-6-9-21(33-5)10-7-19/h6-11,15-16,18H,12-14,17H2,1-5H3,(H,26,27)(H,28,32). The summed E-state index contributed by atoms with van der Waals surface area (Å²) in [6.45, 7) is 10.3. The van der Waals surface area contributed by atoms with Crippen LogP contribution in [0.25, 0.3) is 11.3 Å².